The summed E-state index contributed by atoms with van der Waals surface area (Å²) < 4.78 is 26.7. The van der Waals surface area contributed by atoms with Gasteiger partial charge in [-0.1, -0.05) is 12.1 Å². The van der Waals surface area contributed by atoms with E-state index in [1.54, 1.807) is 24.3 Å². The summed E-state index contributed by atoms with van der Waals surface area (Å²) in [5, 5.41) is 11.6. The fourth-order valence-electron chi connectivity index (χ4n) is 1.59. The topological polar surface area (TPSA) is 35.8 Å². The first-order valence-corrected chi connectivity index (χ1v) is 5.37. The highest BCUT2D eigenvalue weighted by molar-refractivity contribution is 5.49. The van der Waals surface area contributed by atoms with E-state index in [2.05, 4.69) is 5.32 Å². The summed E-state index contributed by atoms with van der Waals surface area (Å²) in [6.45, 7) is 0.0351. The van der Waals surface area contributed by atoms with Crippen LogP contribution >= 0.6 is 0 Å². The molecule has 0 fully saturated rings. The van der Waals surface area contributed by atoms with E-state index in [0.29, 0.717) is 11.3 Å². The Balaban J connectivity index is 2.14. The van der Waals surface area contributed by atoms with E-state index in [0.717, 1.165) is 0 Å². The molecule has 0 aromatic heterocycles. The molecule has 0 saturated carbocycles. The van der Waals surface area contributed by atoms with E-state index >= 15 is 0 Å². The molecule has 0 spiro atoms. The fourth-order valence-corrected chi connectivity index (χ4v) is 1.59. The second-order valence-corrected chi connectivity index (χ2v) is 3.75. The fraction of sp³-hybridized carbons (Fsp3) is 0.0714. The first-order valence-electron chi connectivity index (χ1n) is 5.37. The van der Waals surface area contributed by atoms with Crippen molar-refractivity contribution in [1.29, 1.82) is 5.26 Å². The van der Waals surface area contributed by atoms with Gasteiger partial charge < -0.3 is 5.32 Å². The number of halogens is 2. The second-order valence-electron chi connectivity index (χ2n) is 3.75. The summed E-state index contributed by atoms with van der Waals surface area (Å²) in [6, 6.07) is 12.5. The van der Waals surface area contributed by atoms with Crippen LogP contribution < -0.4 is 5.32 Å². The highest BCUT2D eigenvalue weighted by Gasteiger charge is 2.07. The Bertz CT molecular complexity index is 583. The molecule has 0 heterocycles. The van der Waals surface area contributed by atoms with Crippen molar-refractivity contribution in [1.82, 2.24) is 0 Å². The maximum Gasteiger partial charge on any atom is 0.131 e. The van der Waals surface area contributed by atoms with E-state index in [1.807, 2.05) is 6.07 Å². The zero-order valence-corrected chi connectivity index (χ0v) is 9.45. The van der Waals surface area contributed by atoms with Gasteiger partial charge in [0.15, 0.2) is 0 Å². The van der Waals surface area contributed by atoms with Crippen molar-refractivity contribution in [3.63, 3.8) is 0 Å². The van der Waals surface area contributed by atoms with Gasteiger partial charge in [0.05, 0.1) is 11.6 Å². The maximum absolute atomic E-state index is 13.4. The lowest BCUT2D eigenvalue weighted by Gasteiger charge is -2.08. The van der Waals surface area contributed by atoms with E-state index in [1.165, 1.54) is 18.2 Å². The molecule has 0 radical (unpaired) electrons. The van der Waals surface area contributed by atoms with Crippen LogP contribution in [0.15, 0.2) is 42.5 Å². The molecule has 0 unspecified atom stereocenters. The van der Waals surface area contributed by atoms with Gasteiger partial charge in [0.25, 0.3) is 0 Å². The molecule has 0 aliphatic heterocycles. The minimum Gasteiger partial charge on any atom is -0.381 e. The number of nitrogens with one attached hydrogen (secondary N) is 1. The molecule has 2 aromatic carbocycles. The van der Waals surface area contributed by atoms with Crippen molar-refractivity contribution in [2.75, 3.05) is 5.32 Å². The monoisotopic (exact) mass is 244 g/mol. The van der Waals surface area contributed by atoms with Gasteiger partial charge in [-0.3, -0.25) is 0 Å². The summed E-state index contributed by atoms with van der Waals surface area (Å²) in [5.41, 5.74) is 1.13. The van der Waals surface area contributed by atoms with Gasteiger partial charge >= 0.3 is 0 Å². The standard InChI is InChI=1S/C14H10F2N2/c15-13-5-2-6-14(16)12(13)9-18-11-4-1-3-10(7-11)8-17/h1-7,18H,9H2. The van der Waals surface area contributed by atoms with Crippen LogP contribution in [-0.2, 0) is 6.54 Å². The average molecular weight is 244 g/mol. The first kappa shape index (κ1) is 12.1. The normalized spacial score (nSPS) is 9.83. The highest BCUT2D eigenvalue weighted by Crippen LogP contribution is 2.15. The predicted octanol–water partition coefficient (Wildman–Crippen LogP) is 3.45. The lowest BCUT2D eigenvalue weighted by atomic mass is 10.1. The second kappa shape index (κ2) is 5.28. The van der Waals surface area contributed by atoms with Gasteiger partial charge in [0.2, 0.25) is 0 Å². The van der Waals surface area contributed by atoms with Crippen LogP contribution in [0.4, 0.5) is 14.5 Å². The van der Waals surface area contributed by atoms with Crippen molar-refractivity contribution in [2.24, 2.45) is 0 Å². The Morgan fingerprint density at radius 1 is 1.06 bits per heavy atom. The van der Waals surface area contributed by atoms with Crippen LogP contribution in [0.25, 0.3) is 0 Å². The summed E-state index contributed by atoms with van der Waals surface area (Å²) in [6.07, 6.45) is 0. The van der Waals surface area contributed by atoms with E-state index < -0.39 is 11.6 Å². The minimum absolute atomic E-state index is 0.0140. The zero-order valence-electron chi connectivity index (χ0n) is 9.45. The Morgan fingerprint density at radius 3 is 2.39 bits per heavy atom. The quantitative estimate of drug-likeness (QED) is 0.897. The van der Waals surface area contributed by atoms with Gasteiger partial charge in [-0.15, -0.1) is 0 Å². The first-order chi connectivity index (χ1) is 8.70. The molecule has 2 nitrogen and oxygen atoms in total. The molecule has 1 N–H and O–H groups in total. The molecular formula is C14H10F2N2. The molecule has 2 rings (SSSR count). The molecule has 0 bridgehead atoms. The van der Waals surface area contributed by atoms with Gasteiger partial charge in [-0.05, 0) is 30.3 Å². The van der Waals surface area contributed by atoms with Crippen LogP contribution in [0.3, 0.4) is 0 Å². The lowest BCUT2D eigenvalue weighted by Crippen LogP contribution is -2.04. The summed E-state index contributed by atoms with van der Waals surface area (Å²) in [5.74, 6) is -1.17. The van der Waals surface area contributed by atoms with Gasteiger partial charge in [-0.25, -0.2) is 8.78 Å². The number of nitrogens with zero attached hydrogens (tertiary/aromatic N) is 1. The summed E-state index contributed by atoms with van der Waals surface area (Å²) >= 11 is 0. The Hall–Kier alpha value is -2.41. The van der Waals surface area contributed by atoms with Crippen molar-refractivity contribution >= 4 is 5.69 Å². The Morgan fingerprint density at radius 2 is 1.72 bits per heavy atom. The third-order valence-electron chi connectivity index (χ3n) is 2.52. The van der Waals surface area contributed by atoms with Crippen LogP contribution in [0.2, 0.25) is 0 Å². The van der Waals surface area contributed by atoms with Crippen molar-refractivity contribution in [3.05, 3.63) is 65.2 Å². The molecule has 0 saturated heterocycles. The van der Waals surface area contributed by atoms with Gasteiger partial charge in [-0.2, -0.15) is 5.26 Å². The third-order valence-corrected chi connectivity index (χ3v) is 2.52. The number of rotatable bonds is 3. The Labute approximate surface area is 103 Å². The van der Waals surface area contributed by atoms with Gasteiger partial charge in [0, 0.05) is 17.8 Å². The number of hydrogen-bond donors (Lipinski definition) is 1. The molecule has 0 aliphatic carbocycles. The number of anilines is 1. The lowest BCUT2D eigenvalue weighted by molar-refractivity contribution is 0.560. The van der Waals surface area contributed by atoms with Crippen LogP contribution in [-0.4, -0.2) is 0 Å². The SMILES string of the molecule is N#Cc1cccc(NCc2c(F)cccc2F)c1. The van der Waals surface area contributed by atoms with E-state index in [-0.39, 0.29) is 12.1 Å². The maximum atomic E-state index is 13.4. The van der Waals surface area contributed by atoms with Crippen LogP contribution in [0.5, 0.6) is 0 Å². The van der Waals surface area contributed by atoms with E-state index in [9.17, 15) is 8.78 Å². The molecule has 4 heteroatoms. The highest BCUT2D eigenvalue weighted by atomic mass is 19.1. The molecular weight excluding hydrogens is 234 g/mol. The van der Waals surface area contributed by atoms with E-state index in [4.69, 9.17) is 5.26 Å². The largest absolute Gasteiger partial charge is 0.381 e. The summed E-state index contributed by atoms with van der Waals surface area (Å²) in [7, 11) is 0. The van der Waals surface area contributed by atoms with Crippen molar-refractivity contribution in [2.45, 2.75) is 6.54 Å². The third kappa shape index (κ3) is 2.64. The molecule has 0 atom stereocenters. The van der Waals surface area contributed by atoms with Gasteiger partial charge in [0.1, 0.15) is 11.6 Å². The average Bonchev–Trinajstić information content (AvgIpc) is 2.38. The minimum atomic E-state index is -0.584. The molecule has 0 amide bonds. The zero-order chi connectivity index (χ0) is 13.0. The molecule has 0 aliphatic rings. The molecule has 18 heavy (non-hydrogen) atoms. The summed E-state index contributed by atoms with van der Waals surface area (Å²) in [4.78, 5) is 0. The number of nitriles is 1. The predicted molar refractivity (Wildman–Crippen MR) is 64.8 cm³/mol. The van der Waals surface area contributed by atoms with Crippen LogP contribution in [0, 0.1) is 23.0 Å². The smallest absolute Gasteiger partial charge is 0.131 e. The Kier molecular flexibility index (Phi) is 3.54. The van der Waals surface area contributed by atoms with Crippen molar-refractivity contribution < 1.29 is 8.78 Å². The van der Waals surface area contributed by atoms with Crippen molar-refractivity contribution in [3.8, 4) is 6.07 Å². The van der Waals surface area contributed by atoms with Crippen LogP contribution in [0.1, 0.15) is 11.1 Å². The molecule has 90 valence electrons. The molecule has 2 aromatic rings. The number of benzene rings is 2. The number of hydrogen-bond acceptors (Lipinski definition) is 2.